The van der Waals surface area contributed by atoms with Crippen LogP contribution in [0.2, 0.25) is 0 Å². The molecule has 29 heavy (non-hydrogen) atoms. The smallest absolute Gasteiger partial charge is 0.249 e. The lowest BCUT2D eigenvalue weighted by atomic mass is 10.2. The van der Waals surface area contributed by atoms with Crippen LogP contribution in [0.3, 0.4) is 0 Å². The van der Waals surface area contributed by atoms with Gasteiger partial charge in [0.15, 0.2) is 17.0 Å². The van der Waals surface area contributed by atoms with Crippen molar-refractivity contribution in [2.24, 2.45) is 0 Å². The van der Waals surface area contributed by atoms with Crippen LogP contribution < -0.4 is 5.32 Å². The summed E-state index contributed by atoms with van der Waals surface area (Å²) in [7, 11) is 0. The van der Waals surface area contributed by atoms with Gasteiger partial charge >= 0.3 is 0 Å². The first kappa shape index (κ1) is 20.3. The second-order valence-corrected chi connectivity index (χ2v) is 8.01. The minimum atomic E-state index is -0.232. The van der Waals surface area contributed by atoms with Gasteiger partial charge in [-0.05, 0) is 19.1 Å². The number of hydrogen-bond acceptors (Lipinski definition) is 8. The van der Waals surface area contributed by atoms with E-state index in [0.29, 0.717) is 17.0 Å². The summed E-state index contributed by atoms with van der Waals surface area (Å²) in [5.41, 5.74) is 1.24. The number of fused-ring (bicyclic) bond motifs is 1. The average molecular weight is 419 g/mol. The standard InChI is InChI=1S/C19H26N6O3S/c1-29-11-14-4-5-16(28-14)25-13-22-17-18(20-12-21-19(17)25)23-15(26)3-2-6-24-7-9-27-10-8-24/h2-3,12-14,16H,4-11H2,1H3,(H,20,21,23,26)/b3-2+. The average Bonchev–Trinajstić information content (AvgIpc) is 3.36. The molecule has 2 atom stereocenters. The molecular weight excluding hydrogens is 392 g/mol. The molecule has 4 rings (SSSR count). The minimum absolute atomic E-state index is 0.0796. The van der Waals surface area contributed by atoms with Crippen molar-refractivity contribution in [3.05, 3.63) is 24.8 Å². The van der Waals surface area contributed by atoms with E-state index in [1.807, 2.05) is 10.6 Å². The topological polar surface area (TPSA) is 94.4 Å². The maximum atomic E-state index is 12.3. The highest BCUT2D eigenvalue weighted by Gasteiger charge is 2.28. The van der Waals surface area contributed by atoms with Gasteiger partial charge in [0.05, 0.1) is 25.6 Å². The van der Waals surface area contributed by atoms with Gasteiger partial charge in [-0.15, -0.1) is 0 Å². The van der Waals surface area contributed by atoms with Crippen LogP contribution in [-0.2, 0) is 14.3 Å². The molecule has 156 valence electrons. The second-order valence-electron chi connectivity index (χ2n) is 7.10. The molecule has 2 saturated heterocycles. The van der Waals surface area contributed by atoms with Crippen molar-refractivity contribution < 1.29 is 14.3 Å². The fourth-order valence-corrected chi connectivity index (χ4v) is 4.22. The molecule has 4 heterocycles. The summed E-state index contributed by atoms with van der Waals surface area (Å²) in [6.07, 6.45) is 10.8. The molecule has 1 N–H and O–H groups in total. The van der Waals surface area contributed by atoms with E-state index in [2.05, 4.69) is 31.4 Å². The van der Waals surface area contributed by atoms with Gasteiger partial charge in [0.1, 0.15) is 12.6 Å². The van der Waals surface area contributed by atoms with E-state index in [4.69, 9.17) is 9.47 Å². The van der Waals surface area contributed by atoms with Crippen molar-refractivity contribution in [1.29, 1.82) is 0 Å². The fourth-order valence-electron chi connectivity index (χ4n) is 3.60. The number of carbonyl (C=O) groups is 1. The van der Waals surface area contributed by atoms with Crippen molar-refractivity contribution in [2.45, 2.75) is 25.2 Å². The molecule has 2 aromatic rings. The first-order chi connectivity index (χ1) is 14.2. The largest absolute Gasteiger partial charge is 0.379 e. The van der Waals surface area contributed by atoms with Crippen LogP contribution >= 0.6 is 11.8 Å². The van der Waals surface area contributed by atoms with Gasteiger partial charge < -0.3 is 14.8 Å². The Bertz CT molecular complexity index is 867. The molecular formula is C19H26N6O3S. The summed E-state index contributed by atoms with van der Waals surface area (Å²) in [5, 5.41) is 2.82. The number of aromatic nitrogens is 4. The van der Waals surface area contributed by atoms with Gasteiger partial charge in [-0.1, -0.05) is 6.08 Å². The number of rotatable bonds is 7. The molecule has 0 saturated carbocycles. The number of hydrogen-bond donors (Lipinski definition) is 1. The highest BCUT2D eigenvalue weighted by molar-refractivity contribution is 7.98. The molecule has 2 unspecified atom stereocenters. The van der Waals surface area contributed by atoms with E-state index in [1.165, 1.54) is 12.4 Å². The summed E-state index contributed by atoms with van der Waals surface area (Å²) in [5.74, 6) is 1.16. The number of ether oxygens (including phenoxy) is 2. The highest BCUT2D eigenvalue weighted by atomic mass is 32.2. The van der Waals surface area contributed by atoms with E-state index in [-0.39, 0.29) is 18.2 Å². The monoisotopic (exact) mass is 418 g/mol. The molecule has 0 bridgehead atoms. The van der Waals surface area contributed by atoms with E-state index in [1.54, 1.807) is 18.1 Å². The number of nitrogens with zero attached hydrogens (tertiary/aromatic N) is 5. The third kappa shape index (κ3) is 4.95. The van der Waals surface area contributed by atoms with Crippen LogP contribution in [-0.4, -0.2) is 81.3 Å². The van der Waals surface area contributed by atoms with Gasteiger partial charge in [-0.25, -0.2) is 15.0 Å². The zero-order chi connectivity index (χ0) is 20.1. The number of carbonyl (C=O) groups excluding carboxylic acids is 1. The number of thioether (sulfide) groups is 1. The van der Waals surface area contributed by atoms with Crippen molar-refractivity contribution >= 4 is 34.7 Å². The van der Waals surface area contributed by atoms with E-state index < -0.39 is 0 Å². The molecule has 0 aromatic carbocycles. The van der Waals surface area contributed by atoms with Crippen LogP contribution in [0.15, 0.2) is 24.8 Å². The van der Waals surface area contributed by atoms with Gasteiger partial charge in [0.2, 0.25) is 5.91 Å². The van der Waals surface area contributed by atoms with Gasteiger partial charge in [-0.3, -0.25) is 14.3 Å². The molecule has 2 aliphatic rings. The predicted octanol–water partition coefficient (Wildman–Crippen LogP) is 1.69. The quantitative estimate of drug-likeness (QED) is 0.679. The third-order valence-corrected chi connectivity index (χ3v) is 5.79. The van der Waals surface area contributed by atoms with Crippen molar-refractivity contribution in [1.82, 2.24) is 24.4 Å². The Morgan fingerprint density at radius 1 is 1.31 bits per heavy atom. The zero-order valence-corrected chi connectivity index (χ0v) is 17.3. The summed E-state index contributed by atoms with van der Waals surface area (Å²) in [4.78, 5) is 27.6. The first-order valence-electron chi connectivity index (χ1n) is 9.84. The van der Waals surface area contributed by atoms with E-state index in [0.717, 1.165) is 51.4 Å². The summed E-state index contributed by atoms with van der Waals surface area (Å²) in [6, 6.07) is 0. The third-order valence-electron chi connectivity index (χ3n) is 5.08. The number of morpholine rings is 1. The molecule has 2 aliphatic heterocycles. The predicted molar refractivity (Wildman–Crippen MR) is 112 cm³/mol. The normalized spacial score (nSPS) is 23.2. The summed E-state index contributed by atoms with van der Waals surface area (Å²) < 4.78 is 13.4. The van der Waals surface area contributed by atoms with Crippen LogP contribution in [0, 0.1) is 0 Å². The maximum Gasteiger partial charge on any atom is 0.249 e. The molecule has 10 heteroatoms. The first-order valence-corrected chi connectivity index (χ1v) is 11.2. The van der Waals surface area contributed by atoms with Crippen molar-refractivity contribution in [2.75, 3.05) is 50.2 Å². The van der Waals surface area contributed by atoms with E-state index in [9.17, 15) is 4.79 Å². The Labute approximate surface area is 173 Å². The number of amides is 1. The Morgan fingerprint density at radius 3 is 3.00 bits per heavy atom. The fraction of sp³-hybridized carbons (Fsp3) is 0.579. The van der Waals surface area contributed by atoms with Crippen LogP contribution in [0.25, 0.3) is 11.2 Å². The highest BCUT2D eigenvalue weighted by Crippen LogP contribution is 2.32. The molecule has 0 aliphatic carbocycles. The molecule has 0 radical (unpaired) electrons. The van der Waals surface area contributed by atoms with Crippen molar-refractivity contribution in [3.8, 4) is 0 Å². The Morgan fingerprint density at radius 2 is 2.17 bits per heavy atom. The van der Waals surface area contributed by atoms with E-state index >= 15 is 0 Å². The maximum absolute atomic E-state index is 12.3. The van der Waals surface area contributed by atoms with Gasteiger partial charge in [-0.2, -0.15) is 11.8 Å². The van der Waals surface area contributed by atoms with Gasteiger partial charge in [0, 0.05) is 31.5 Å². The molecule has 0 spiro atoms. The lowest BCUT2D eigenvalue weighted by Crippen LogP contribution is -2.36. The number of nitrogens with one attached hydrogen (secondary N) is 1. The van der Waals surface area contributed by atoms with Gasteiger partial charge in [0.25, 0.3) is 0 Å². The molecule has 1 amide bonds. The van der Waals surface area contributed by atoms with Crippen LogP contribution in [0.5, 0.6) is 0 Å². The molecule has 2 aromatic heterocycles. The Balaban J connectivity index is 1.40. The lowest BCUT2D eigenvalue weighted by Gasteiger charge is -2.24. The Hall–Kier alpha value is -2.01. The Kier molecular flexibility index (Phi) is 6.75. The SMILES string of the molecule is CSCC1CCC(n2cnc3c(NC(=O)/C=C/CN4CCOCC4)ncnc32)O1. The molecule has 2 fully saturated rings. The van der Waals surface area contributed by atoms with Crippen LogP contribution in [0.1, 0.15) is 19.1 Å². The summed E-state index contributed by atoms with van der Waals surface area (Å²) in [6.45, 7) is 3.98. The minimum Gasteiger partial charge on any atom is -0.379 e. The number of imidazole rings is 1. The van der Waals surface area contributed by atoms with Crippen LogP contribution in [0.4, 0.5) is 5.82 Å². The second kappa shape index (κ2) is 9.66. The number of anilines is 1. The molecule has 9 nitrogen and oxygen atoms in total. The van der Waals surface area contributed by atoms with Crippen molar-refractivity contribution in [3.63, 3.8) is 0 Å². The summed E-state index contributed by atoms with van der Waals surface area (Å²) >= 11 is 1.79. The lowest BCUT2D eigenvalue weighted by molar-refractivity contribution is -0.111. The zero-order valence-electron chi connectivity index (χ0n) is 16.5.